The Balaban J connectivity index is 1.79. The van der Waals surface area contributed by atoms with Gasteiger partial charge in [-0.1, -0.05) is 73.5 Å². The molecule has 0 saturated heterocycles. The zero-order chi connectivity index (χ0) is 14.5. The maximum absolute atomic E-state index is 11.0. The van der Waals surface area contributed by atoms with Crippen molar-refractivity contribution in [1.82, 2.24) is 0 Å². The van der Waals surface area contributed by atoms with E-state index >= 15 is 0 Å². The van der Waals surface area contributed by atoms with Gasteiger partial charge < -0.3 is 9.84 Å². The summed E-state index contributed by atoms with van der Waals surface area (Å²) in [5.74, 6) is 0. The lowest BCUT2D eigenvalue weighted by atomic mass is 9.89. The van der Waals surface area contributed by atoms with E-state index in [9.17, 15) is 5.11 Å². The van der Waals surface area contributed by atoms with Crippen molar-refractivity contribution in [2.45, 2.75) is 44.0 Å². The molecule has 1 atom stereocenters. The first-order valence-electron chi connectivity index (χ1n) is 7.71. The van der Waals surface area contributed by atoms with Crippen LogP contribution in [-0.2, 0) is 11.3 Å². The summed E-state index contributed by atoms with van der Waals surface area (Å²) in [5.41, 5.74) is 1.48. The summed E-state index contributed by atoms with van der Waals surface area (Å²) >= 11 is 0. The summed E-state index contributed by atoms with van der Waals surface area (Å²) in [7, 11) is 0. The first kappa shape index (κ1) is 14.3. The Morgan fingerprint density at radius 1 is 0.905 bits per heavy atom. The molecule has 110 valence electrons. The Morgan fingerprint density at radius 2 is 1.48 bits per heavy atom. The molecule has 0 amide bonds. The molecule has 1 N–H and O–H groups in total. The second-order valence-electron chi connectivity index (χ2n) is 5.90. The van der Waals surface area contributed by atoms with E-state index in [-0.39, 0.29) is 6.10 Å². The summed E-state index contributed by atoms with van der Waals surface area (Å²) in [6.45, 7) is 0.530. The molecule has 0 aliphatic heterocycles. The van der Waals surface area contributed by atoms with Crippen LogP contribution in [-0.4, -0.2) is 10.7 Å². The fourth-order valence-electron chi connectivity index (χ4n) is 3.19. The van der Waals surface area contributed by atoms with E-state index in [1.165, 1.54) is 0 Å². The first-order valence-corrected chi connectivity index (χ1v) is 7.71. The van der Waals surface area contributed by atoms with E-state index in [4.69, 9.17) is 4.74 Å². The molecule has 0 bridgehead atoms. The molecule has 2 nitrogen and oxygen atoms in total. The molecule has 2 aromatic carbocycles. The zero-order valence-corrected chi connectivity index (χ0v) is 12.2. The van der Waals surface area contributed by atoms with Gasteiger partial charge >= 0.3 is 0 Å². The summed E-state index contributed by atoms with van der Waals surface area (Å²) < 4.78 is 6.15. The van der Waals surface area contributed by atoms with Gasteiger partial charge in [0.2, 0.25) is 0 Å². The van der Waals surface area contributed by atoms with Gasteiger partial charge in [0.15, 0.2) is 0 Å². The predicted molar refractivity (Wildman–Crippen MR) is 83.8 cm³/mol. The lowest BCUT2D eigenvalue weighted by Crippen LogP contribution is -2.34. The molecule has 1 fully saturated rings. The summed E-state index contributed by atoms with van der Waals surface area (Å²) in [6, 6.07) is 20.2. The minimum absolute atomic E-state index is 0.249. The first-order chi connectivity index (χ1) is 10.3. The maximum atomic E-state index is 11.0. The summed E-state index contributed by atoms with van der Waals surface area (Å²) in [5, 5.41) is 11.0. The molecule has 0 radical (unpaired) electrons. The standard InChI is InChI=1S/C19H22O2/c20-19(13-7-8-14-19)18(17-11-5-2-6-12-17)21-15-16-9-3-1-4-10-16/h1-6,9-12,18,20H,7-8,13-15H2. The lowest BCUT2D eigenvalue weighted by molar-refractivity contribution is -0.114. The lowest BCUT2D eigenvalue weighted by Gasteiger charge is -2.33. The zero-order valence-electron chi connectivity index (χ0n) is 12.2. The van der Waals surface area contributed by atoms with Gasteiger partial charge in [0.25, 0.3) is 0 Å². The van der Waals surface area contributed by atoms with Crippen LogP contribution in [0.25, 0.3) is 0 Å². The van der Waals surface area contributed by atoms with Crippen molar-refractivity contribution in [3.63, 3.8) is 0 Å². The fourth-order valence-corrected chi connectivity index (χ4v) is 3.19. The molecule has 3 rings (SSSR count). The van der Waals surface area contributed by atoms with Crippen molar-refractivity contribution in [3.05, 3.63) is 71.8 Å². The van der Waals surface area contributed by atoms with Gasteiger partial charge in [0.05, 0.1) is 12.2 Å². The molecule has 1 aliphatic rings. The molecule has 0 aromatic heterocycles. The Hall–Kier alpha value is -1.64. The van der Waals surface area contributed by atoms with Crippen molar-refractivity contribution in [2.75, 3.05) is 0 Å². The average molecular weight is 282 g/mol. The molecule has 0 heterocycles. The highest BCUT2D eigenvalue weighted by molar-refractivity contribution is 5.22. The summed E-state index contributed by atoms with van der Waals surface area (Å²) in [6.07, 6.45) is 3.55. The molecule has 1 saturated carbocycles. The van der Waals surface area contributed by atoms with Crippen molar-refractivity contribution in [2.24, 2.45) is 0 Å². The molecule has 2 aromatic rings. The van der Waals surface area contributed by atoms with Gasteiger partial charge in [-0.3, -0.25) is 0 Å². The Bertz CT molecular complexity index is 544. The Labute approximate surface area is 126 Å². The highest BCUT2D eigenvalue weighted by Gasteiger charge is 2.41. The average Bonchev–Trinajstić information content (AvgIpc) is 2.97. The minimum atomic E-state index is -0.726. The highest BCUT2D eigenvalue weighted by atomic mass is 16.5. The van der Waals surface area contributed by atoms with Crippen molar-refractivity contribution < 1.29 is 9.84 Å². The van der Waals surface area contributed by atoms with Gasteiger partial charge in [-0.15, -0.1) is 0 Å². The van der Waals surface area contributed by atoms with Crippen LogP contribution in [0, 0.1) is 0 Å². The molecule has 0 spiro atoms. The van der Waals surface area contributed by atoms with Crippen LogP contribution in [0.1, 0.15) is 42.9 Å². The molecule has 1 unspecified atom stereocenters. The van der Waals surface area contributed by atoms with Crippen molar-refractivity contribution >= 4 is 0 Å². The number of benzene rings is 2. The van der Waals surface area contributed by atoms with E-state index in [0.29, 0.717) is 6.61 Å². The van der Waals surface area contributed by atoms with Crippen LogP contribution in [0.4, 0.5) is 0 Å². The van der Waals surface area contributed by atoms with E-state index in [1.54, 1.807) is 0 Å². The van der Waals surface area contributed by atoms with Crippen LogP contribution < -0.4 is 0 Å². The van der Waals surface area contributed by atoms with E-state index in [2.05, 4.69) is 12.1 Å². The van der Waals surface area contributed by atoms with Gasteiger partial charge in [0.1, 0.15) is 6.10 Å². The predicted octanol–water partition coefficient (Wildman–Crippen LogP) is 4.25. The van der Waals surface area contributed by atoms with Crippen molar-refractivity contribution in [3.8, 4) is 0 Å². The maximum Gasteiger partial charge on any atom is 0.112 e. The van der Waals surface area contributed by atoms with E-state index in [0.717, 1.165) is 36.8 Å². The number of hydrogen-bond donors (Lipinski definition) is 1. The van der Waals surface area contributed by atoms with E-state index < -0.39 is 5.60 Å². The van der Waals surface area contributed by atoms with Crippen LogP contribution >= 0.6 is 0 Å². The van der Waals surface area contributed by atoms with Gasteiger partial charge in [-0.2, -0.15) is 0 Å². The SMILES string of the molecule is OC1(C(OCc2ccccc2)c2ccccc2)CCCC1. The second kappa shape index (κ2) is 6.42. The number of aliphatic hydroxyl groups is 1. The van der Waals surface area contributed by atoms with Crippen LogP contribution in [0.3, 0.4) is 0 Å². The quantitative estimate of drug-likeness (QED) is 0.888. The molecular formula is C19H22O2. The van der Waals surface area contributed by atoms with Gasteiger partial charge in [-0.25, -0.2) is 0 Å². The third-order valence-electron chi connectivity index (χ3n) is 4.32. The van der Waals surface area contributed by atoms with Crippen LogP contribution in [0.15, 0.2) is 60.7 Å². The third kappa shape index (κ3) is 3.34. The molecule has 21 heavy (non-hydrogen) atoms. The molecule has 1 aliphatic carbocycles. The minimum Gasteiger partial charge on any atom is -0.387 e. The second-order valence-corrected chi connectivity index (χ2v) is 5.90. The van der Waals surface area contributed by atoms with Crippen LogP contribution in [0.5, 0.6) is 0 Å². The Morgan fingerprint density at radius 3 is 2.10 bits per heavy atom. The molecular weight excluding hydrogens is 260 g/mol. The smallest absolute Gasteiger partial charge is 0.112 e. The molecule has 2 heteroatoms. The van der Waals surface area contributed by atoms with Gasteiger partial charge in [0, 0.05) is 0 Å². The highest BCUT2D eigenvalue weighted by Crippen LogP contribution is 2.42. The third-order valence-corrected chi connectivity index (χ3v) is 4.32. The van der Waals surface area contributed by atoms with E-state index in [1.807, 2.05) is 48.5 Å². The Kier molecular flexibility index (Phi) is 4.37. The largest absolute Gasteiger partial charge is 0.387 e. The monoisotopic (exact) mass is 282 g/mol. The number of ether oxygens (including phenoxy) is 1. The van der Waals surface area contributed by atoms with Crippen molar-refractivity contribution in [1.29, 1.82) is 0 Å². The van der Waals surface area contributed by atoms with Crippen LogP contribution in [0.2, 0.25) is 0 Å². The fraction of sp³-hybridized carbons (Fsp3) is 0.368. The topological polar surface area (TPSA) is 29.5 Å². The summed E-state index contributed by atoms with van der Waals surface area (Å²) in [4.78, 5) is 0. The number of hydrogen-bond acceptors (Lipinski definition) is 2. The normalized spacial score (nSPS) is 18.5. The van der Waals surface area contributed by atoms with Gasteiger partial charge in [-0.05, 0) is 24.0 Å². The number of rotatable bonds is 5.